The SMILES string of the molecule is CC(=O)Nc1ccc(-n2c(C)cc(/C=N/Nc3ccc([N+](=O)[O-])cn3)c2C)cc1. The molecule has 29 heavy (non-hydrogen) atoms. The normalized spacial score (nSPS) is 10.9. The van der Waals surface area contributed by atoms with Crippen LogP contribution in [0.2, 0.25) is 0 Å². The molecule has 9 nitrogen and oxygen atoms in total. The third-order valence-electron chi connectivity index (χ3n) is 4.26. The second kappa shape index (κ2) is 8.34. The van der Waals surface area contributed by atoms with Crippen molar-refractivity contribution in [3.8, 4) is 5.69 Å². The fourth-order valence-electron chi connectivity index (χ4n) is 2.94. The van der Waals surface area contributed by atoms with Crippen LogP contribution in [0.5, 0.6) is 0 Å². The first-order chi connectivity index (χ1) is 13.8. The van der Waals surface area contributed by atoms with Crippen molar-refractivity contribution < 1.29 is 9.72 Å². The van der Waals surface area contributed by atoms with E-state index in [9.17, 15) is 14.9 Å². The maximum Gasteiger partial charge on any atom is 0.287 e. The van der Waals surface area contributed by atoms with Gasteiger partial charge in [0.2, 0.25) is 5.91 Å². The fraction of sp³-hybridized carbons (Fsp3) is 0.150. The van der Waals surface area contributed by atoms with Gasteiger partial charge in [-0.15, -0.1) is 0 Å². The number of nitrogens with one attached hydrogen (secondary N) is 2. The lowest BCUT2D eigenvalue weighted by molar-refractivity contribution is -0.385. The van der Waals surface area contributed by atoms with E-state index in [1.807, 2.05) is 44.2 Å². The number of aromatic nitrogens is 2. The minimum atomic E-state index is -0.502. The zero-order chi connectivity index (χ0) is 21.0. The summed E-state index contributed by atoms with van der Waals surface area (Å²) < 4.78 is 2.09. The number of pyridine rings is 1. The minimum Gasteiger partial charge on any atom is -0.326 e. The number of hydrogen-bond acceptors (Lipinski definition) is 6. The van der Waals surface area contributed by atoms with Crippen LogP contribution in [0.3, 0.4) is 0 Å². The average molecular weight is 392 g/mol. The molecule has 3 aromatic rings. The Morgan fingerprint density at radius 3 is 2.52 bits per heavy atom. The molecule has 0 saturated heterocycles. The number of benzene rings is 1. The number of anilines is 2. The molecule has 0 aliphatic rings. The van der Waals surface area contributed by atoms with Gasteiger partial charge in [0.05, 0.1) is 11.1 Å². The van der Waals surface area contributed by atoms with Crippen molar-refractivity contribution in [2.75, 3.05) is 10.7 Å². The van der Waals surface area contributed by atoms with E-state index in [1.165, 1.54) is 25.3 Å². The number of hydrogen-bond donors (Lipinski definition) is 2. The van der Waals surface area contributed by atoms with E-state index in [-0.39, 0.29) is 11.6 Å². The topological polar surface area (TPSA) is 114 Å². The summed E-state index contributed by atoms with van der Waals surface area (Å²) in [7, 11) is 0. The number of carbonyl (C=O) groups excluding carboxylic acids is 1. The van der Waals surface area contributed by atoms with Gasteiger partial charge in [0.1, 0.15) is 12.0 Å². The van der Waals surface area contributed by atoms with Crippen molar-refractivity contribution in [1.82, 2.24) is 9.55 Å². The number of nitrogens with zero attached hydrogens (tertiary/aromatic N) is 4. The van der Waals surface area contributed by atoms with E-state index >= 15 is 0 Å². The average Bonchev–Trinajstić information content (AvgIpc) is 2.96. The van der Waals surface area contributed by atoms with Gasteiger partial charge in [-0.25, -0.2) is 4.98 Å². The highest BCUT2D eigenvalue weighted by Crippen LogP contribution is 2.21. The van der Waals surface area contributed by atoms with Gasteiger partial charge in [-0.2, -0.15) is 5.10 Å². The van der Waals surface area contributed by atoms with Gasteiger partial charge < -0.3 is 9.88 Å². The quantitative estimate of drug-likeness (QED) is 0.376. The summed E-state index contributed by atoms with van der Waals surface area (Å²) in [6.07, 6.45) is 2.85. The van der Waals surface area contributed by atoms with Crippen LogP contribution in [-0.4, -0.2) is 26.6 Å². The molecule has 0 bridgehead atoms. The van der Waals surface area contributed by atoms with Crippen molar-refractivity contribution >= 4 is 29.3 Å². The summed E-state index contributed by atoms with van der Waals surface area (Å²) in [6.45, 7) is 5.46. The van der Waals surface area contributed by atoms with Gasteiger partial charge >= 0.3 is 0 Å². The lowest BCUT2D eigenvalue weighted by Crippen LogP contribution is -2.06. The minimum absolute atomic E-state index is 0.0763. The Morgan fingerprint density at radius 2 is 1.93 bits per heavy atom. The van der Waals surface area contributed by atoms with Gasteiger partial charge in [-0.1, -0.05) is 0 Å². The van der Waals surface area contributed by atoms with Crippen molar-refractivity contribution in [3.05, 3.63) is 75.7 Å². The number of carbonyl (C=O) groups is 1. The van der Waals surface area contributed by atoms with Gasteiger partial charge in [0, 0.05) is 41.3 Å². The number of nitro groups is 1. The maximum atomic E-state index is 11.2. The Kier molecular flexibility index (Phi) is 5.68. The smallest absolute Gasteiger partial charge is 0.287 e. The van der Waals surface area contributed by atoms with Gasteiger partial charge in [0.15, 0.2) is 0 Å². The Hall–Kier alpha value is -4.01. The van der Waals surface area contributed by atoms with Crippen LogP contribution in [0, 0.1) is 24.0 Å². The molecule has 0 saturated carbocycles. The van der Waals surface area contributed by atoms with Crippen molar-refractivity contribution in [1.29, 1.82) is 0 Å². The van der Waals surface area contributed by atoms with E-state index in [4.69, 9.17) is 0 Å². The van der Waals surface area contributed by atoms with E-state index in [0.29, 0.717) is 5.82 Å². The van der Waals surface area contributed by atoms with Crippen LogP contribution < -0.4 is 10.7 Å². The monoisotopic (exact) mass is 392 g/mol. The first-order valence-electron chi connectivity index (χ1n) is 8.81. The molecule has 0 unspecified atom stereocenters. The number of aryl methyl sites for hydroxylation is 1. The standard InChI is InChI=1S/C20H20N6O3/c1-13-10-16(11-22-24-20-9-8-19(12-21-20)26(28)29)14(2)25(13)18-6-4-17(5-7-18)23-15(3)27/h4-12H,1-3H3,(H,21,24)(H,23,27)/b22-11+. The highest BCUT2D eigenvalue weighted by atomic mass is 16.6. The summed E-state index contributed by atoms with van der Waals surface area (Å²) in [6, 6.07) is 12.4. The number of rotatable bonds is 6. The zero-order valence-electron chi connectivity index (χ0n) is 16.2. The van der Waals surface area contributed by atoms with Gasteiger partial charge in [-0.3, -0.25) is 20.3 Å². The van der Waals surface area contributed by atoms with Gasteiger partial charge in [-0.05, 0) is 50.2 Å². The first kappa shape index (κ1) is 19.7. The van der Waals surface area contributed by atoms with Crippen molar-refractivity contribution in [3.63, 3.8) is 0 Å². The van der Waals surface area contributed by atoms with Crippen molar-refractivity contribution in [2.45, 2.75) is 20.8 Å². The second-order valence-electron chi connectivity index (χ2n) is 6.42. The molecule has 0 radical (unpaired) electrons. The summed E-state index contributed by atoms with van der Waals surface area (Å²) in [5.74, 6) is 0.300. The zero-order valence-corrected chi connectivity index (χ0v) is 16.2. The predicted octanol–water partition coefficient (Wildman–Crippen LogP) is 3.80. The molecule has 0 spiro atoms. The summed E-state index contributed by atoms with van der Waals surface area (Å²) >= 11 is 0. The molecule has 0 aliphatic carbocycles. The van der Waals surface area contributed by atoms with Crippen LogP contribution in [0.15, 0.2) is 53.8 Å². The largest absolute Gasteiger partial charge is 0.326 e. The Bertz CT molecular complexity index is 1070. The number of hydrazone groups is 1. The molecule has 2 N–H and O–H groups in total. The van der Waals surface area contributed by atoms with E-state index in [1.54, 1.807) is 6.21 Å². The van der Waals surface area contributed by atoms with Gasteiger partial charge in [0.25, 0.3) is 5.69 Å². The number of amides is 1. The highest BCUT2D eigenvalue weighted by molar-refractivity contribution is 5.88. The summed E-state index contributed by atoms with van der Waals surface area (Å²) in [5, 5.41) is 17.6. The van der Waals surface area contributed by atoms with Crippen LogP contribution >= 0.6 is 0 Å². The molecular formula is C20H20N6O3. The Labute approximate surface area is 167 Å². The lowest BCUT2D eigenvalue weighted by Gasteiger charge is -2.10. The van der Waals surface area contributed by atoms with Crippen LogP contribution in [0.4, 0.5) is 17.2 Å². The van der Waals surface area contributed by atoms with Crippen LogP contribution in [0.1, 0.15) is 23.9 Å². The molecule has 0 aliphatic heterocycles. The van der Waals surface area contributed by atoms with Crippen LogP contribution in [-0.2, 0) is 4.79 Å². The van der Waals surface area contributed by atoms with E-state index in [2.05, 4.69) is 25.4 Å². The molecule has 2 heterocycles. The molecule has 9 heteroatoms. The van der Waals surface area contributed by atoms with Crippen LogP contribution in [0.25, 0.3) is 5.69 Å². The summed E-state index contributed by atoms with van der Waals surface area (Å²) in [4.78, 5) is 25.3. The predicted molar refractivity (Wildman–Crippen MR) is 112 cm³/mol. The molecule has 148 valence electrons. The Morgan fingerprint density at radius 1 is 1.21 bits per heavy atom. The molecular weight excluding hydrogens is 372 g/mol. The van der Waals surface area contributed by atoms with E-state index in [0.717, 1.165) is 28.3 Å². The third kappa shape index (κ3) is 4.64. The molecule has 0 atom stereocenters. The molecule has 1 amide bonds. The second-order valence-corrected chi connectivity index (χ2v) is 6.42. The molecule has 0 fully saturated rings. The summed E-state index contributed by atoms with van der Waals surface area (Å²) in [5.41, 5.74) is 7.35. The van der Waals surface area contributed by atoms with E-state index < -0.39 is 4.92 Å². The molecule has 3 rings (SSSR count). The first-order valence-corrected chi connectivity index (χ1v) is 8.81. The molecule has 2 aromatic heterocycles. The fourth-order valence-corrected chi connectivity index (χ4v) is 2.94. The van der Waals surface area contributed by atoms with Crippen molar-refractivity contribution in [2.24, 2.45) is 5.10 Å². The Balaban J connectivity index is 1.75. The maximum absolute atomic E-state index is 11.2. The lowest BCUT2D eigenvalue weighted by atomic mass is 10.2. The third-order valence-corrected chi connectivity index (χ3v) is 4.26. The molecule has 1 aromatic carbocycles. The highest BCUT2D eigenvalue weighted by Gasteiger charge is 2.10.